The molecule has 3 N–H and O–H groups in total. The van der Waals surface area contributed by atoms with Crippen LogP contribution in [0.3, 0.4) is 0 Å². The zero-order valence-electron chi connectivity index (χ0n) is 21.8. The van der Waals surface area contributed by atoms with E-state index in [1.807, 2.05) is 41.9 Å². The smallest absolute Gasteiger partial charge is 0.260 e. The van der Waals surface area contributed by atoms with Crippen LogP contribution in [0.5, 0.6) is 11.5 Å². The Morgan fingerprint density at radius 1 is 0.974 bits per heavy atom. The van der Waals surface area contributed by atoms with Gasteiger partial charge in [-0.3, -0.25) is 4.79 Å². The zero-order chi connectivity index (χ0) is 27.1. The van der Waals surface area contributed by atoms with E-state index in [-0.39, 0.29) is 40.5 Å². The molecule has 0 unspecified atom stereocenters. The van der Waals surface area contributed by atoms with E-state index in [4.69, 9.17) is 5.10 Å². The van der Waals surface area contributed by atoms with Gasteiger partial charge < -0.3 is 20.4 Å². The number of hydrogen-bond acceptors (Lipinski definition) is 5. The number of nitrogens with zero attached hydrogens (tertiary/aromatic N) is 3. The van der Waals surface area contributed by atoms with Crippen molar-refractivity contribution in [2.75, 3.05) is 5.32 Å². The van der Waals surface area contributed by atoms with Gasteiger partial charge in [-0.15, -0.1) is 0 Å². The molecule has 1 aliphatic carbocycles. The van der Waals surface area contributed by atoms with Crippen LogP contribution in [0.25, 0.3) is 11.3 Å². The van der Waals surface area contributed by atoms with Gasteiger partial charge in [-0.1, -0.05) is 49.6 Å². The summed E-state index contributed by atoms with van der Waals surface area (Å²) < 4.78 is 16.1. The molecule has 0 spiro atoms. The number of fused-ring (bicyclic) bond motifs is 1. The van der Waals surface area contributed by atoms with E-state index in [1.54, 1.807) is 11.0 Å². The lowest BCUT2D eigenvalue weighted by molar-refractivity contribution is 0.0749. The molecule has 200 valence electrons. The van der Waals surface area contributed by atoms with Gasteiger partial charge >= 0.3 is 0 Å². The molecule has 2 aliphatic rings. The van der Waals surface area contributed by atoms with Crippen LogP contribution in [0.2, 0.25) is 0 Å². The summed E-state index contributed by atoms with van der Waals surface area (Å²) in [7, 11) is 0. The summed E-state index contributed by atoms with van der Waals surface area (Å²) in [6.07, 6.45) is 5.27. The first-order valence-electron chi connectivity index (χ1n) is 13.4. The molecule has 1 saturated carbocycles. The molecule has 1 fully saturated rings. The molecule has 3 aromatic carbocycles. The fraction of sp³-hybridized carbons (Fsp3) is 0.290. The third kappa shape index (κ3) is 4.82. The third-order valence-electron chi connectivity index (χ3n) is 7.84. The summed E-state index contributed by atoms with van der Waals surface area (Å²) in [4.78, 5) is 15.4. The Kier molecular flexibility index (Phi) is 6.46. The minimum absolute atomic E-state index is 0.0838. The van der Waals surface area contributed by atoms with Crippen molar-refractivity contribution in [2.45, 2.75) is 58.2 Å². The topological polar surface area (TPSA) is 90.6 Å². The first kappa shape index (κ1) is 25.0. The van der Waals surface area contributed by atoms with Crippen LogP contribution in [0.1, 0.15) is 65.2 Å². The Morgan fingerprint density at radius 3 is 2.41 bits per heavy atom. The number of aromatic nitrogens is 2. The number of hydrogen-bond donors (Lipinski definition) is 3. The van der Waals surface area contributed by atoms with Crippen molar-refractivity contribution in [3.05, 3.63) is 88.7 Å². The van der Waals surface area contributed by atoms with Crippen LogP contribution in [-0.2, 0) is 13.1 Å². The van der Waals surface area contributed by atoms with Crippen molar-refractivity contribution in [1.82, 2.24) is 14.7 Å². The highest BCUT2D eigenvalue weighted by molar-refractivity contribution is 6.03. The van der Waals surface area contributed by atoms with Gasteiger partial charge in [-0.05, 0) is 48.6 Å². The van der Waals surface area contributed by atoms with Crippen molar-refractivity contribution in [3.63, 3.8) is 0 Å². The number of halogens is 1. The van der Waals surface area contributed by atoms with Crippen molar-refractivity contribution < 1.29 is 19.4 Å². The number of carbonyl (C=O) groups is 1. The van der Waals surface area contributed by atoms with E-state index in [0.29, 0.717) is 30.2 Å². The number of anilines is 2. The highest BCUT2D eigenvalue weighted by Crippen LogP contribution is 2.39. The van der Waals surface area contributed by atoms with Crippen LogP contribution in [0, 0.1) is 12.7 Å². The lowest BCUT2D eigenvalue weighted by atomic mass is 9.96. The molecule has 1 aromatic heterocycles. The fourth-order valence-corrected chi connectivity index (χ4v) is 5.80. The number of amides is 1. The molecule has 7 nitrogen and oxygen atoms in total. The summed E-state index contributed by atoms with van der Waals surface area (Å²) in [5.41, 5.74) is 4.72. The van der Waals surface area contributed by atoms with Crippen LogP contribution >= 0.6 is 0 Å². The standard InChI is InChI=1S/C31H31FN4O3/c1-19-11-12-22(32)13-25(19)26-16-29(36(34-26)23-9-3-2-4-10-23)33-27-14-24(37)15-28(38)30(27)31(39)35-17-20-7-5-6-8-21(20)18-35/h5-8,11-16,23,33,37-38H,2-4,9-10,17-18H2,1H3. The fourth-order valence-electron chi connectivity index (χ4n) is 5.80. The number of nitrogens with one attached hydrogen (secondary N) is 1. The van der Waals surface area contributed by atoms with Crippen molar-refractivity contribution >= 4 is 17.4 Å². The van der Waals surface area contributed by atoms with Crippen LogP contribution in [0.15, 0.2) is 60.7 Å². The van der Waals surface area contributed by atoms with Crippen molar-refractivity contribution in [2.24, 2.45) is 0 Å². The number of phenols is 2. The predicted octanol–water partition coefficient (Wildman–Crippen LogP) is 6.81. The van der Waals surface area contributed by atoms with E-state index in [1.165, 1.54) is 30.7 Å². The minimum atomic E-state index is -0.338. The molecule has 0 atom stereocenters. The quantitative estimate of drug-likeness (QED) is 0.266. The molecular formula is C31H31FN4O3. The number of benzene rings is 3. The summed E-state index contributed by atoms with van der Waals surface area (Å²) in [6.45, 7) is 2.80. The van der Waals surface area contributed by atoms with E-state index in [0.717, 1.165) is 42.4 Å². The third-order valence-corrected chi connectivity index (χ3v) is 7.84. The highest BCUT2D eigenvalue weighted by Gasteiger charge is 2.29. The Morgan fingerprint density at radius 2 is 1.69 bits per heavy atom. The number of phenolic OH excluding ortho intramolecular Hbond substituents is 2. The summed E-state index contributed by atoms with van der Waals surface area (Å²) in [6, 6.07) is 17.1. The monoisotopic (exact) mass is 526 g/mol. The second-order valence-electron chi connectivity index (χ2n) is 10.6. The lowest BCUT2D eigenvalue weighted by Crippen LogP contribution is -2.26. The molecule has 1 aliphatic heterocycles. The Bertz CT molecular complexity index is 1530. The highest BCUT2D eigenvalue weighted by atomic mass is 19.1. The van der Waals surface area contributed by atoms with E-state index < -0.39 is 0 Å². The average Bonchev–Trinajstić information content (AvgIpc) is 3.55. The first-order valence-corrected chi connectivity index (χ1v) is 13.4. The van der Waals surface area contributed by atoms with Gasteiger partial charge in [0, 0.05) is 36.9 Å². The number of rotatable bonds is 5. The van der Waals surface area contributed by atoms with E-state index in [9.17, 15) is 19.4 Å². The molecular weight excluding hydrogens is 495 g/mol. The van der Waals surface area contributed by atoms with Gasteiger partial charge in [0.15, 0.2) is 0 Å². The molecule has 2 heterocycles. The summed E-state index contributed by atoms with van der Waals surface area (Å²) in [5, 5.41) is 29.4. The minimum Gasteiger partial charge on any atom is -0.508 e. The second-order valence-corrected chi connectivity index (χ2v) is 10.6. The van der Waals surface area contributed by atoms with E-state index >= 15 is 0 Å². The Labute approximate surface area is 226 Å². The molecule has 4 aromatic rings. The van der Waals surface area contributed by atoms with Gasteiger partial charge in [-0.25, -0.2) is 9.07 Å². The number of aryl methyl sites for hydroxylation is 1. The van der Waals surface area contributed by atoms with Crippen LogP contribution in [0.4, 0.5) is 15.9 Å². The normalized spacial score (nSPS) is 15.4. The summed E-state index contributed by atoms with van der Waals surface area (Å²) >= 11 is 0. The van der Waals surface area contributed by atoms with Gasteiger partial charge in [0.05, 0.1) is 17.4 Å². The molecule has 6 rings (SSSR count). The largest absolute Gasteiger partial charge is 0.508 e. The molecule has 1 amide bonds. The Hall–Kier alpha value is -4.33. The first-order chi connectivity index (χ1) is 18.9. The van der Waals surface area contributed by atoms with Gasteiger partial charge in [0.25, 0.3) is 5.91 Å². The van der Waals surface area contributed by atoms with Crippen molar-refractivity contribution in [1.29, 1.82) is 0 Å². The molecule has 0 saturated heterocycles. The van der Waals surface area contributed by atoms with Crippen molar-refractivity contribution in [3.8, 4) is 22.8 Å². The number of carbonyl (C=O) groups excluding carboxylic acids is 1. The van der Waals surface area contributed by atoms with Gasteiger partial charge in [-0.2, -0.15) is 5.10 Å². The molecule has 0 bridgehead atoms. The summed E-state index contributed by atoms with van der Waals surface area (Å²) in [5.74, 6) is -0.528. The number of aromatic hydroxyl groups is 2. The van der Waals surface area contributed by atoms with Crippen LogP contribution < -0.4 is 5.32 Å². The predicted molar refractivity (Wildman–Crippen MR) is 148 cm³/mol. The Balaban J connectivity index is 1.40. The van der Waals surface area contributed by atoms with Crippen LogP contribution in [-0.4, -0.2) is 30.8 Å². The molecule has 39 heavy (non-hydrogen) atoms. The maximum absolute atomic E-state index is 14.2. The maximum atomic E-state index is 14.2. The van der Waals surface area contributed by atoms with Gasteiger partial charge in [0.1, 0.15) is 28.7 Å². The van der Waals surface area contributed by atoms with Gasteiger partial charge in [0.2, 0.25) is 0 Å². The maximum Gasteiger partial charge on any atom is 0.260 e. The SMILES string of the molecule is Cc1ccc(F)cc1-c1cc(Nc2cc(O)cc(O)c2C(=O)N2Cc3ccccc3C2)n(C2CCCCC2)n1. The average molecular weight is 527 g/mol. The second kappa shape index (κ2) is 10.1. The lowest BCUT2D eigenvalue weighted by Gasteiger charge is -2.25. The van der Waals surface area contributed by atoms with E-state index in [2.05, 4.69) is 5.32 Å². The molecule has 0 radical (unpaired) electrons. The molecule has 8 heteroatoms. The zero-order valence-corrected chi connectivity index (χ0v) is 21.8.